The molecule has 2 aromatic carbocycles. The van der Waals surface area contributed by atoms with Crippen molar-refractivity contribution in [2.75, 3.05) is 6.61 Å². The van der Waals surface area contributed by atoms with Crippen LogP contribution < -0.4 is 15.4 Å². The minimum absolute atomic E-state index is 0.210. The van der Waals surface area contributed by atoms with Gasteiger partial charge in [0, 0.05) is 11.3 Å². The van der Waals surface area contributed by atoms with Crippen LogP contribution in [0.1, 0.15) is 37.4 Å². The Morgan fingerprint density at radius 3 is 2.57 bits per heavy atom. The number of hydrogen-bond donors (Lipinski definition) is 2. The topological polar surface area (TPSA) is 59.6 Å². The van der Waals surface area contributed by atoms with Crippen LogP contribution in [0.2, 0.25) is 0 Å². The summed E-state index contributed by atoms with van der Waals surface area (Å²) in [6.07, 6.45) is 0.896. The fraction of sp³-hybridized carbons (Fsp3) is 0.273. The number of ether oxygens (including phenoxy) is 2. The summed E-state index contributed by atoms with van der Waals surface area (Å²) in [5, 5.41) is 6.68. The van der Waals surface area contributed by atoms with Crippen LogP contribution >= 0.6 is 12.2 Å². The van der Waals surface area contributed by atoms with Crippen molar-refractivity contribution in [2.45, 2.75) is 32.9 Å². The minimum atomic E-state index is -0.440. The van der Waals surface area contributed by atoms with Gasteiger partial charge in [0.1, 0.15) is 12.4 Å². The van der Waals surface area contributed by atoms with Crippen molar-refractivity contribution in [3.8, 4) is 5.75 Å². The second kappa shape index (κ2) is 9.37. The van der Waals surface area contributed by atoms with Gasteiger partial charge in [-0.2, -0.15) is 0 Å². The van der Waals surface area contributed by atoms with Gasteiger partial charge in [-0.15, -0.1) is 0 Å². The lowest BCUT2D eigenvalue weighted by Crippen LogP contribution is -2.45. The van der Waals surface area contributed by atoms with E-state index in [0.717, 1.165) is 23.3 Å². The lowest BCUT2D eigenvalue weighted by molar-refractivity contribution is -0.140. The third kappa shape index (κ3) is 4.70. The molecule has 2 aromatic rings. The fourth-order valence-electron chi connectivity index (χ4n) is 3.06. The molecule has 1 aliphatic heterocycles. The molecule has 146 valence electrons. The molecule has 0 amide bonds. The maximum absolute atomic E-state index is 13.0. The van der Waals surface area contributed by atoms with Crippen molar-refractivity contribution >= 4 is 23.3 Å². The summed E-state index contributed by atoms with van der Waals surface area (Å²) in [5.41, 5.74) is 2.96. The monoisotopic (exact) mass is 396 g/mol. The number of allylic oxidation sites excluding steroid dienone is 1. The third-order valence-electron chi connectivity index (χ3n) is 4.39. The second-order valence-corrected chi connectivity index (χ2v) is 6.93. The largest absolute Gasteiger partial charge is 0.493 e. The van der Waals surface area contributed by atoms with E-state index < -0.39 is 6.04 Å². The van der Waals surface area contributed by atoms with E-state index >= 15 is 0 Å². The molecule has 0 bridgehead atoms. The molecule has 1 unspecified atom stereocenters. The Morgan fingerprint density at radius 1 is 1.11 bits per heavy atom. The summed E-state index contributed by atoms with van der Waals surface area (Å²) >= 11 is 5.32. The van der Waals surface area contributed by atoms with Crippen LogP contribution in [0.3, 0.4) is 0 Å². The van der Waals surface area contributed by atoms with Crippen LogP contribution in [0.25, 0.3) is 0 Å². The first-order valence-corrected chi connectivity index (χ1v) is 9.72. The lowest BCUT2D eigenvalue weighted by Gasteiger charge is -2.30. The Hall–Kier alpha value is -2.86. The molecule has 1 aliphatic rings. The predicted molar refractivity (Wildman–Crippen MR) is 113 cm³/mol. The number of esters is 1. The maximum atomic E-state index is 13.0. The Kier molecular flexibility index (Phi) is 6.66. The van der Waals surface area contributed by atoms with Crippen molar-refractivity contribution in [1.29, 1.82) is 0 Å². The van der Waals surface area contributed by atoms with Gasteiger partial charge in [-0.25, -0.2) is 4.79 Å². The Balaban J connectivity index is 1.88. The molecular formula is C22H24N2O3S. The summed E-state index contributed by atoms with van der Waals surface area (Å²) in [6.45, 7) is 4.69. The summed E-state index contributed by atoms with van der Waals surface area (Å²) in [4.78, 5) is 13.0. The Bertz CT molecular complexity index is 880. The van der Waals surface area contributed by atoms with Crippen LogP contribution in [0.15, 0.2) is 65.9 Å². The molecule has 0 spiro atoms. The average molecular weight is 397 g/mol. The summed E-state index contributed by atoms with van der Waals surface area (Å²) in [6, 6.07) is 16.8. The number of para-hydroxylation sites is 1. The van der Waals surface area contributed by atoms with Gasteiger partial charge in [-0.3, -0.25) is 0 Å². The van der Waals surface area contributed by atoms with Gasteiger partial charge >= 0.3 is 5.97 Å². The molecule has 28 heavy (non-hydrogen) atoms. The highest BCUT2D eigenvalue weighted by molar-refractivity contribution is 7.80. The first kappa shape index (κ1) is 19.9. The first-order valence-electron chi connectivity index (χ1n) is 9.31. The number of rotatable bonds is 7. The van der Waals surface area contributed by atoms with Crippen molar-refractivity contribution in [2.24, 2.45) is 0 Å². The standard InChI is InChI=1S/C22H24N2O3S/c1-3-13-26-18-12-8-7-11-17(18)20-19(15(2)23-22(28)24-20)21(25)27-14-16-9-5-4-6-10-16/h4-12,20H,3,13-14H2,1-2H3,(H2,23,24,28). The number of hydrogen-bond acceptors (Lipinski definition) is 4. The van der Waals surface area contributed by atoms with E-state index in [2.05, 4.69) is 17.6 Å². The summed E-state index contributed by atoms with van der Waals surface area (Å²) in [7, 11) is 0. The molecule has 0 fully saturated rings. The van der Waals surface area contributed by atoms with Gasteiger partial charge in [-0.05, 0) is 37.2 Å². The van der Waals surface area contributed by atoms with Crippen LogP contribution in [-0.2, 0) is 16.1 Å². The summed E-state index contributed by atoms with van der Waals surface area (Å²) in [5.74, 6) is 0.340. The quantitative estimate of drug-likeness (QED) is 0.545. The van der Waals surface area contributed by atoms with Crippen molar-refractivity contribution in [3.63, 3.8) is 0 Å². The molecule has 6 heteroatoms. The number of nitrogens with one attached hydrogen (secondary N) is 2. The Labute approximate surface area is 170 Å². The zero-order chi connectivity index (χ0) is 19.9. The molecule has 5 nitrogen and oxygen atoms in total. The van der Waals surface area contributed by atoms with Gasteiger partial charge in [0.05, 0.1) is 18.2 Å². The molecule has 1 atom stereocenters. The van der Waals surface area contributed by atoms with E-state index in [4.69, 9.17) is 21.7 Å². The van der Waals surface area contributed by atoms with E-state index in [-0.39, 0.29) is 12.6 Å². The average Bonchev–Trinajstić information content (AvgIpc) is 2.71. The normalized spacial score (nSPS) is 16.2. The van der Waals surface area contributed by atoms with Gasteiger partial charge in [0.2, 0.25) is 0 Å². The highest BCUT2D eigenvalue weighted by Crippen LogP contribution is 2.33. The van der Waals surface area contributed by atoms with E-state index in [9.17, 15) is 4.79 Å². The first-order chi connectivity index (χ1) is 13.6. The predicted octanol–water partition coefficient (Wildman–Crippen LogP) is 4.01. The van der Waals surface area contributed by atoms with E-state index in [1.807, 2.05) is 61.5 Å². The van der Waals surface area contributed by atoms with Crippen LogP contribution in [0.5, 0.6) is 5.75 Å². The zero-order valence-corrected chi connectivity index (χ0v) is 16.8. The minimum Gasteiger partial charge on any atom is -0.493 e. The highest BCUT2D eigenvalue weighted by Gasteiger charge is 2.32. The van der Waals surface area contributed by atoms with E-state index in [1.165, 1.54) is 0 Å². The van der Waals surface area contributed by atoms with Gasteiger partial charge in [0.15, 0.2) is 5.11 Å². The van der Waals surface area contributed by atoms with Gasteiger partial charge in [-0.1, -0.05) is 55.5 Å². The molecule has 0 radical (unpaired) electrons. The van der Waals surface area contributed by atoms with Crippen molar-refractivity contribution in [3.05, 3.63) is 77.0 Å². The van der Waals surface area contributed by atoms with Gasteiger partial charge in [0.25, 0.3) is 0 Å². The maximum Gasteiger partial charge on any atom is 0.338 e. The van der Waals surface area contributed by atoms with Crippen LogP contribution in [0, 0.1) is 0 Å². The zero-order valence-electron chi connectivity index (χ0n) is 16.0. The second-order valence-electron chi connectivity index (χ2n) is 6.52. The number of benzene rings is 2. The van der Waals surface area contributed by atoms with Gasteiger partial charge < -0.3 is 20.1 Å². The van der Waals surface area contributed by atoms with Crippen LogP contribution in [0.4, 0.5) is 0 Å². The van der Waals surface area contributed by atoms with E-state index in [1.54, 1.807) is 0 Å². The van der Waals surface area contributed by atoms with E-state index in [0.29, 0.717) is 23.0 Å². The lowest BCUT2D eigenvalue weighted by atomic mass is 9.95. The molecule has 0 saturated heterocycles. The Morgan fingerprint density at radius 2 is 1.82 bits per heavy atom. The molecule has 2 N–H and O–H groups in total. The molecule has 0 aliphatic carbocycles. The fourth-order valence-corrected chi connectivity index (χ4v) is 3.33. The summed E-state index contributed by atoms with van der Waals surface area (Å²) < 4.78 is 11.5. The molecule has 0 saturated carbocycles. The van der Waals surface area contributed by atoms with Crippen molar-refractivity contribution < 1.29 is 14.3 Å². The number of thiocarbonyl (C=S) groups is 1. The third-order valence-corrected chi connectivity index (χ3v) is 4.61. The molecule has 1 heterocycles. The smallest absolute Gasteiger partial charge is 0.338 e. The number of carbonyl (C=O) groups excluding carboxylic acids is 1. The molecule has 3 rings (SSSR count). The molecule has 0 aromatic heterocycles. The van der Waals surface area contributed by atoms with Crippen LogP contribution in [-0.4, -0.2) is 17.7 Å². The molecular weight excluding hydrogens is 372 g/mol. The van der Waals surface area contributed by atoms with Crippen molar-refractivity contribution in [1.82, 2.24) is 10.6 Å². The highest BCUT2D eigenvalue weighted by atomic mass is 32.1. The SMILES string of the molecule is CCCOc1ccccc1C1NC(=S)NC(C)=C1C(=O)OCc1ccccc1. The number of carbonyl (C=O) groups is 1.